The van der Waals surface area contributed by atoms with Crippen LogP contribution in [-0.2, 0) is 9.53 Å². The van der Waals surface area contributed by atoms with Gasteiger partial charge in [-0.1, -0.05) is 42.5 Å². The number of quaternary nitrogens is 1. The number of ether oxygens (including phenoxy) is 1. The van der Waals surface area contributed by atoms with Gasteiger partial charge in [0, 0.05) is 0 Å². The molecule has 0 amide bonds. The molecule has 1 atom stereocenters. The molecule has 7 heteroatoms. The van der Waals surface area contributed by atoms with Gasteiger partial charge in [0.1, 0.15) is 17.8 Å². The molecule has 4 nitrogen and oxygen atoms in total. The second-order valence-electron chi connectivity index (χ2n) is 6.20. The zero-order valence-corrected chi connectivity index (χ0v) is 14.9. The second-order valence-corrected chi connectivity index (χ2v) is 6.20. The van der Waals surface area contributed by atoms with E-state index in [4.69, 9.17) is 14.6 Å². The molecule has 1 aliphatic heterocycles. The third kappa shape index (κ3) is 5.94. The van der Waals surface area contributed by atoms with Crippen LogP contribution in [0.2, 0.25) is 0 Å². The quantitative estimate of drug-likeness (QED) is 0.887. The smallest absolute Gasteiger partial charge is 0.430 e. The molecule has 0 fully saturated rings. The summed E-state index contributed by atoms with van der Waals surface area (Å²) in [6.45, 7) is 0.690. The third-order valence-corrected chi connectivity index (χ3v) is 3.96. The monoisotopic (exact) mass is 379 g/mol. The number of hydrogen-bond acceptors (Lipinski definition) is 3. The number of rotatable bonds is 3. The molecule has 1 aliphatic rings. The number of carboxylic acid groups (broad SMARTS) is 1. The van der Waals surface area contributed by atoms with Crippen molar-refractivity contribution < 1.29 is 32.7 Å². The average Bonchev–Trinajstić information content (AvgIpc) is 3.12. The maximum Gasteiger partial charge on any atom is 0.430 e. The molecular formula is C20H20F3NO3. The Hall–Kier alpha value is -2.64. The Morgan fingerprint density at radius 3 is 2.11 bits per heavy atom. The first-order valence-corrected chi connectivity index (χ1v) is 8.25. The maximum atomic E-state index is 10.5. The van der Waals surface area contributed by atoms with Crippen LogP contribution in [0.3, 0.4) is 0 Å². The highest BCUT2D eigenvalue weighted by Crippen LogP contribution is 2.31. The van der Waals surface area contributed by atoms with Gasteiger partial charge in [-0.2, -0.15) is 13.2 Å². The summed E-state index contributed by atoms with van der Waals surface area (Å²) in [6.07, 6.45) is -2.89. The molecule has 27 heavy (non-hydrogen) atoms. The summed E-state index contributed by atoms with van der Waals surface area (Å²) in [4.78, 5) is 10.1. The first-order chi connectivity index (χ1) is 12.7. The van der Waals surface area contributed by atoms with E-state index in [1.165, 1.54) is 27.3 Å². The van der Waals surface area contributed by atoms with Crippen LogP contribution in [-0.4, -0.2) is 32.8 Å². The van der Waals surface area contributed by atoms with Crippen LogP contribution in [0.1, 0.15) is 17.2 Å². The number of carbonyl (C=O) groups is 1. The summed E-state index contributed by atoms with van der Waals surface area (Å²) in [5.41, 5.74) is 5.04. The molecule has 1 N–H and O–H groups in total. The normalized spacial score (nSPS) is 16.5. The third-order valence-electron chi connectivity index (χ3n) is 3.96. The molecule has 3 rings (SSSR count). The molecule has 0 saturated carbocycles. The van der Waals surface area contributed by atoms with Crippen molar-refractivity contribution >= 4 is 17.2 Å². The molecule has 0 saturated heterocycles. The van der Waals surface area contributed by atoms with E-state index in [9.17, 15) is 13.2 Å². The van der Waals surface area contributed by atoms with E-state index in [0.29, 0.717) is 6.61 Å². The molecule has 0 aliphatic carbocycles. The molecule has 1 heterocycles. The predicted molar refractivity (Wildman–Crippen MR) is 93.1 cm³/mol. The van der Waals surface area contributed by atoms with E-state index in [2.05, 4.69) is 68.7 Å². The van der Waals surface area contributed by atoms with Crippen LogP contribution in [0.15, 0.2) is 60.7 Å². The van der Waals surface area contributed by atoms with Crippen LogP contribution in [0.25, 0.3) is 5.57 Å². The van der Waals surface area contributed by atoms with Gasteiger partial charge in [0.15, 0.2) is 0 Å². The lowest BCUT2D eigenvalue weighted by Gasteiger charge is -2.10. The van der Waals surface area contributed by atoms with Gasteiger partial charge in [0.2, 0.25) is 0 Å². The van der Waals surface area contributed by atoms with E-state index in [-0.39, 0.29) is 6.10 Å². The minimum atomic E-state index is -5.19. The van der Waals surface area contributed by atoms with Gasteiger partial charge in [-0.3, -0.25) is 0 Å². The van der Waals surface area contributed by atoms with E-state index in [1.54, 1.807) is 0 Å². The van der Waals surface area contributed by atoms with Crippen molar-refractivity contribution in [2.45, 2.75) is 12.3 Å². The van der Waals surface area contributed by atoms with Crippen molar-refractivity contribution in [1.82, 2.24) is 0 Å². The molecule has 1 unspecified atom stereocenters. The predicted octanol–water partition coefficient (Wildman–Crippen LogP) is 1.92. The summed E-state index contributed by atoms with van der Waals surface area (Å²) in [6, 6.07) is 19.1. The summed E-state index contributed by atoms with van der Waals surface area (Å²) < 4.78 is 37.5. The van der Waals surface area contributed by atoms with Crippen molar-refractivity contribution in [3.8, 4) is 0 Å². The lowest BCUT2D eigenvalue weighted by atomic mass is 10.0. The highest BCUT2D eigenvalue weighted by Gasteiger charge is 2.28. The standard InChI is InChI=1S/C18H19NO.C2HF3O2/c1-19(2)17-10-8-15(9-11-17)18-12-16(13-20-18)14-6-4-3-5-7-14;3-2(4,5)1(6)7/h3-12,18H,13H2,1-2H3;(H,6,7). The number of nitrogens with one attached hydrogen (secondary N) is 1. The molecule has 0 spiro atoms. The fraction of sp³-hybridized carbons (Fsp3) is 0.250. The zero-order valence-electron chi connectivity index (χ0n) is 14.9. The molecule has 144 valence electrons. The van der Waals surface area contributed by atoms with Crippen molar-refractivity contribution in [2.75, 3.05) is 20.7 Å². The molecular weight excluding hydrogens is 359 g/mol. The topological polar surface area (TPSA) is 53.8 Å². The van der Waals surface area contributed by atoms with Crippen LogP contribution >= 0.6 is 0 Å². The van der Waals surface area contributed by atoms with Crippen molar-refractivity contribution in [1.29, 1.82) is 0 Å². The number of benzene rings is 2. The largest absolute Gasteiger partial charge is 0.542 e. The maximum absolute atomic E-state index is 10.5. The molecule has 0 radical (unpaired) electrons. The number of hydrogen-bond donors (Lipinski definition) is 1. The van der Waals surface area contributed by atoms with E-state index >= 15 is 0 Å². The molecule has 2 aromatic rings. The highest BCUT2D eigenvalue weighted by molar-refractivity contribution is 5.70. The minimum Gasteiger partial charge on any atom is -0.542 e. The van der Waals surface area contributed by atoms with Crippen LogP contribution < -0.4 is 10.0 Å². The molecule has 2 aromatic carbocycles. The molecule has 0 bridgehead atoms. The number of carboxylic acids is 1. The minimum absolute atomic E-state index is 0.0800. The van der Waals surface area contributed by atoms with Crippen molar-refractivity contribution in [3.05, 3.63) is 71.8 Å². The van der Waals surface area contributed by atoms with Crippen LogP contribution in [0.5, 0.6) is 0 Å². The van der Waals surface area contributed by atoms with Crippen LogP contribution in [0, 0.1) is 0 Å². The van der Waals surface area contributed by atoms with Gasteiger partial charge in [0.25, 0.3) is 0 Å². The van der Waals surface area contributed by atoms with Gasteiger partial charge in [-0.05, 0) is 34.9 Å². The summed E-state index contributed by atoms with van der Waals surface area (Å²) in [7, 11) is 4.27. The Labute approximate surface area is 155 Å². The van der Waals surface area contributed by atoms with Crippen molar-refractivity contribution in [3.63, 3.8) is 0 Å². The Balaban J connectivity index is 0.000000321. The number of alkyl halides is 3. The Kier molecular flexibility index (Phi) is 6.76. The number of aliphatic carboxylic acids is 1. The molecule has 0 aromatic heterocycles. The fourth-order valence-corrected chi connectivity index (χ4v) is 2.49. The van der Waals surface area contributed by atoms with Gasteiger partial charge in [-0.15, -0.1) is 0 Å². The lowest BCUT2D eigenvalue weighted by molar-refractivity contribution is -0.786. The second kappa shape index (κ2) is 8.83. The van der Waals surface area contributed by atoms with Gasteiger partial charge >= 0.3 is 6.18 Å². The number of carbonyl (C=O) groups excluding carboxylic acids is 1. The van der Waals surface area contributed by atoms with Gasteiger partial charge in [-0.25, -0.2) is 0 Å². The SMILES string of the molecule is C[NH+](C)c1ccc(C2C=C(c3ccccc3)CO2)cc1.O=C([O-])C(F)(F)F. The summed E-state index contributed by atoms with van der Waals surface area (Å²) in [5, 5.41) is 8.78. The van der Waals surface area contributed by atoms with Gasteiger partial charge in [0.05, 0.1) is 20.7 Å². The Bertz CT molecular complexity index is 784. The summed E-state index contributed by atoms with van der Waals surface area (Å²) in [5.74, 6) is -3.01. The average molecular weight is 379 g/mol. The lowest BCUT2D eigenvalue weighted by Crippen LogP contribution is -3.00. The van der Waals surface area contributed by atoms with E-state index in [0.717, 1.165) is 0 Å². The number of halogens is 3. The zero-order chi connectivity index (χ0) is 20.0. The first kappa shape index (κ1) is 20.7. The van der Waals surface area contributed by atoms with E-state index < -0.39 is 12.1 Å². The first-order valence-electron chi connectivity index (χ1n) is 8.25. The van der Waals surface area contributed by atoms with Crippen molar-refractivity contribution in [2.24, 2.45) is 0 Å². The van der Waals surface area contributed by atoms with E-state index in [1.807, 2.05) is 6.07 Å². The Morgan fingerprint density at radius 1 is 1.07 bits per heavy atom. The Morgan fingerprint density at radius 2 is 1.63 bits per heavy atom. The summed E-state index contributed by atoms with van der Waals surface area (Å²) >= 11 is 0. The van der Waals surface area contributed by atoms with Gasteiger partial charge < -0.3 is 19.5 Å². The highest BCUT2D eigenvalue weighted by atomic mass is 19.4. The fourth-order valence-electron chi connectivity index (χ4n) is 2.49. The van der Waals surface area contributed by atoms with Crippen LogP contribution in [0.4, 0.5) is 18.9 Å².